The van der Waals surface area contributed by atoms with Gasteiger partial charge in [-0.15, -0.1) is 0 Å². The second-order valence-corrected chi connectivity index (χ2v) is 15.3. The number of aryl methyl sites for hydroxylation is 1. The Morgan fingerprint density at radius 2 is 1.14 bits per heavy atom. The first-order chi connectivity index (χ1) is 24.1. The molecule has 0 amide bonds. The van der Waals surface area contributed by atoms with Crippen molar-refractivity contribution >= 4 is 85.1 Å². The number of nitriles is 3. The molecule has 17 heteroatoms. The molecule has 1 aliphatic rings. The SMILES string of the molecule is BrCBr.CB(C)c1cncc(C)c1.CC1(C)OB(c2cncc(C#N)c2)OC1(C)C.N#Cc1cncc(B(O)O)c1.N#Cc1cncc(CBr)c1. The van der Waals surface area contributed by atoms with E-state index < -0.39 is 14.2 Å². The minimum atomic E-state index is -1.56. The summed E-state index contributed by atoms with van der Waals surface area (Å²) in [7, 11) is -2.02. The molecule has 5 rings (SSSR count). The summed E-state index contributed by atoms with van der Waals surface area (Å²) in [5, 5.41) is 43.7. The molecule has 4 aromatic heterocycles. The molecular weight excluding hydrogens is 843 g/mol. The highest BCUT2D eigenvalue weighted by Gasteiger charge is 2.51. The van der Waals surface area contributed by atoms with Gasteiger partial charge in [-0.3, -0.25) is 19.9 Å². The summed E-state index contributed by atoms with van der Waals surface area (Å²) >= 11 is 9.40. The highest BCUT2D eigenvalue weighted by molar-refractivity contribution is 9.24. The maximum absolute atomic E-state index is 8.84. The molecule has 0 saturated carbocycles. The fourth-order valence-electron chi connectivity index (χ4n) is 3.80. The Morgan fingerprint density at radius 3 is 1.59 bits per heavy atom. The zero-order valence-corrected chi connectivity index (χ0v) is 34.3. The molecule has 1 aliphatic heterocycles. The molecule has 0 atom stereocenters. The molecular formula is C34H39B3Br3N7O4. The lowest BCUT2D eigenvalue weighted by molar-refractivity contribution is 0.00578. The number of pyridine rings is 4. The second-order valence-electron chi connectivity index (χ2n) is 12.1. The van der Waals surface area contributed by atoms with Crippen LogP contribution in [0.2, 0.25) is 13.6 Å². The van der Waals surface area contributed by atoms with Gasteiger partial charge in [0.1, 0.15) is 18.2 Å². The van der Waals surface area contributed by atoms with E-state index in [9.17, 15) is 0 Å². The van der Waals surface area contributed by atoms with E-state index in [1.807, 2.05) is 58.3 Å². The van der Waals surface area contributed by atoms with E-state index in [2.05, 4.69) is 100 Å². The van der Waals surface area contributed by atoms with Gasteiger partial charge in [0, 0.05) is 65.8 Å². The molecule has 0 spiro atoms. The molecule has 51 heavy (non-hydrogen) atoms. The molecule has 0 aromatic carbocycles. The fourth-order valence-corrected chi connectivity index (χ4v) is 4.11. The number of rotatable bonds is 4. The van der Waals surface area contributed by atoms with Gasteiger partial charge in [0.05, 0.1) is 32.1 Å². The smallest absolute Gasteiger partial charge is 0.423 e. The third-order valence-electron chi connectivity index (χ3n) is 7.24. The summed E-state index contributed by atoms with van der Waals surface area (Å²) in [4.78, 5) is 15.6. The largest absolute Gasteiger partial charge is 0.496 e. The van der Waals surface area contributed by atoms with Crippen LogP contribution in [0.25, 0.3) is 0 Å². The predicted octanol–water partition coefficient (Wildman–Crippen LogP) is 4.82. The second kappa shape index (κ2) is 23.2. The molecule has 1 saturated heterocycles. The number of alkyl halides is 3. The third-order valence-corrected chi connectivity index (χ3v) is 7.89. The maximum Gasteiger partial charge on any atom is 0.496 e. The zero-order chi connectivity index (χ0) is 38.6. The van der Waals surface area contributed by atoms with Crippen molar-refractivity contribution in [3.63, 3.8) is 0 Å². The van der Waals surface area contributed by atoms with Gasteiger partial charge in [0.2, 0.25) is 0 Å². The van der Waals surface area contributed by atoms with Gasteiger partial charge in [0.25, 0.3) is 0 Å². The molecule has 0 bridgehead atoms. The lowest BCUT2D eigenvalue weighted by atomic mass is 9.50. The Morgan fingerprint density at radius 1 is 0.686 bits per heavy atom. The first kappa shape index (κ1) is 45.6. The lowest BCUT2D eigenvalue weighted by Gasteiger charge is -2.32. The van der Waals surface area contributed by atoms with Gasteiger partial charge >= 0.3 is 14.2 Å². The van der Waals surface area contributed by atoms with Crippen LogP contribution in [0.1, 0.15) is 55.5 Å². The van der Waals surface area contributed by atoms with Crippen molar-refractivity contribution in [1.29, 1.82) is 15.8 Å². The van der Waals surface area contributed by atoms with Crippen molar-refractivity contribution in [2.75, 3.05) is 4.24 Å². The van der Waals surface area contributed by atoms with E-state index in [-0.39, 0.29) is 16.7 Å². The van der Waals surface area contributed by atoms with Gasteiger partial charge in [0.15, 0.2) is 6.71 Å². The number of aromatic nitrogens is 4. The van der Waals surface area contributed by atoms with Crippen LogP contribution in [-0.2, 0) is 14.6 Å². The summed E-state index contributed by atoms with van der Waals surface area (Å²) < 4.78 is 12.6. The van der Waals surface area contributed by atoms with E-state index in [0.717, 1.165) is 20.6 Å². The van der Waals surface area contributed by atoms with Crippen molar-refractivity contribution in [2.24, 2.45) is 0 Å². The van der Waals surface area contributed by atoms with Crippen LogP contribution in [0, 0.1) is 40.9 Å². The number of nitrogens with zero attached hydrogens (tertiary/aromatic N) is 7. The van der Waals surface area contributed by atoms with Crippen molar-refractivity contribution in [3.8, 4) is 18.2 Å². The van der Waals surface area contributed by atoms with Gasteiger partial charge in [-0.1, -0.05) is 73.0 Å². The topological polar surface area (TPSA) is 182 Å². The highest BCUT2D eigenvalue weighted by Crippen LogP contribution is 2.36. The van der Waals surface area contributed by atoms with Gasteiger partial charge < -0.3 is 19.4 Å². The zero-order valence-electron chi connectivity index (χ0n) is 29.5. The predicted molar refractivity (Wildman–Crippen MR) is 214 cm³/mol. The molecule has 1 fully saturated rings. The van der Waals surface area contributed by atoms with Gasteiger partial charge in [-0.2, -0.15) is 15.8 Å². The maximum atomic E-state index is 8.84. The average Bonchev–Trinajstić information content (AvgIpc) is 3.35. The first-order valence-electron chi connectivity index (χ1n) is 15.4. The highest BCUT2D eigenvalue weighted by atomic mass is 79.9. The first-order valence-corrected chi connectivity index (χ1v) is 18.8. The summed E-state index contributed by atoms with van der Waals surface area (Å²) in [6, 6.07) is 13.0. The Hall–Kier alpha value is -3.46. The third kappa shape index (κ3) is 16.2. The molecule has 11 nitrogen and oxygen atoms in total. The van der Waals surface area contributed by atoms with Crippen molar-refractivity contribution in [1.82, 2.24) is 19.9 Å². The standard InChI is InChI=1S/C12H15BN2O2.C8H12BN.C7H5BrN2.C6H5BN2O2.CH2Br2/c1-11(2)12(3,4)17-13(16-11)10-5-9(6-14)7-15-8-10;1-7-4-8(9(2)3)6-10-5-7;8-2-6-1-7(3-9)5-10-4-6;8-2-5-1-6(7(10)11)4-9-3-5;2-1-3/h5,7-8H,1-4H3;4-6H,1-3H3;1,4-5H,2H2;1,3-4,10-11H;1H2. The van der Waals surface area contributed by atoms with E-state index in [1.165, 1.54) is 35.7 Å². The monoisotopic (exact) mass is 879 g/mol. The minimum absolute atomic E-state index is 0.226. The molecule has 4 aromatic rings. The molecule has 0 radical (unpaired) electrons. The van der Waals surface area contributed by atoms with Crippen LogP contribution in [0.5, 0.6) is 0 Å². The Kier molecular flexibility index (Phi) is 20.7. The molecule has 0 unspecified atom stereocenters. The Labute approximate surface area is 327 Å². The average molecular weight is 882 g/mol. The number of halogens is 3. The molecule has 264 valence electrons. The molecule has 2 N–H and O–H groups in total. The van der Waals surface area contributed by atoms with Crippen LogP contribution < -0.4 is 16.4 Å². The van der Waals surface area contributed by atoms with E-state index in [1.54, 1.807) is 24.7 Å². The Bertz CT molecular complexity index is 1780. The van der Waals surface area contributed by atoms with Gasteiger partial charge in [-0.25, -0.2) is 0 Å². The number of hydrogen-bond donors (Lipinski definition) is 2. The lowest BCUT2D eigenvalue weighted by Crippen LogP contribution is -2.41. The summed E-state index contributed by atoms with van der Waals surface area (Å²) in [5.74, 6) is 0. The van der Waals surface area contributed by atoms with Crippen LogP contribution in [0.15, 0.2) is 73.8 Å². The summed E-state index contributed by atoms with van der Waals surface area (Å²) in [6.07, 6.45) is 12.9. The van der Waals surface area contributed by atoms with Crippen molar-refractivity contribution < 1.29 is 19.4 Å². The quantitative estimate of drug-likeness (QED) is 0.212. The van der Waals surface area contributed by atoms with E-state index in [0.29, 0.717) is 23.4 Å². The van der Waals surface area contributed by atoms with E-state index >= 15 is 0 Å². The number of hydrogen-bond acceptors (Lipinski definition) is 11. The molecule has 0 aliphatic carbocycles. The van der Waals surface area contributed by atoms with Gasteiger partial charge in [-0.05, 0) is 63.9 Å². The Balaban J connectivity index is 0.000000340. The minimum Gasteiger partial charge on any atom is -0.423 e. The van der Waals surface area contributed by atoms with Crippen LogP contribution in [0.3, 0.4) is 0 Å². The van der Waals surface area contributed by atoms with Crippen LogP contribution in [-0.4, -0.2) is 66.4 Å². The normalized spacial score (nSPS) is 12.9. The fraction of sp³-hybridized carbons (Fsp3) is 0.324. The summed E-state index contributed by atoms with van der Waals surface area (Å²) in [5.41, 5.74) is 5.28. The van der Waals surface area contributed by atoms with Crippen molar-refractivity contribution in [2.45, 2.75) is 64.8 Å². The van der Waals surface area contributed by atoms with E-state index in [4.69, 9.17) is 35.1 Å². The van der Waals surface area contributed by atoms with Crippen LogP contribution in [0.4, 0.5) is 0 Å². The van der Waals surface area contributed by atoms with Crippen molar-refractivity contribution in [3.05, 3.63) is 102 Å². The molecule has 5 heterocycles. The summed E-state index contributed by atoms with van der Waals surface area (Å²) in [6.45, 7) is 15.0. The van der Waals surface area contributed by atoms with Crippen LogP contribution >= 0.6 is 47.8 Å².